The number of pyridine rings is 8. The fraction of sp³-hybridized carbons (Fsp3) is 0.280. The van der Waals surface area contributed by atoms with Gasteiger partial charge in [0.1, 0.15) is 22.8 Å². The maximum Gasteiger partial charge on any atom is 0.321 e. The summed E-state index contributed by atoms with van der Waals surface area (Å²) in [5.41, 5.74) is 18.8. The molecule has 18 heterocycles. The number of morpholine rings is 1. The van der Waals surface area contributed by atoms with Crippen molar-refractivity contribution in [1.29, 1.82) is 0 Å². The lowest BCUT2D eigenvalue weighted by atomic mass is 10.0. The number of benzene rings is 4. The predicted octanol–water partition coefficient (Wildman–Crippen LogP) is 15.0. The van der Waals surface area contributed by atoms with E-state index in [9.17, 15) is 43.2 Å². The third kappa shape index (κ3) is 23.0. The van der Waals surface area contributed by atoms with Gasteiger partial charge in [0.15, 0.2) is 22.8 Å². The van der Waals surface area contributed by atoms with Crippen LogP contribution in [0.3, 0.4) is 0 Å². The molecule has 0 spiro atoms. The van der Waals surface area contributed by atoms with Gasteiger partial charge in [0.05, 0.1) is 118 Å². The van der Waals surface area contributed by atoms with Crippen LogP contribution < -0.4 is 36.4 Å². The van der Waals surface area contributed by atoms with E-state index in [1.54, 1.807) is 89.7 Å². The molecule has 9 N–H and O–H groups in total. The first kappa shape index (κ1) is 97.3. The molecule has 0 bridgehead atoms. The fourth-order valence-corrected chi connectivity index (χ4v) is 18.4. The summed E-state index contributed by atoms with van der Waals surface area (Å²) in [6.07, 6.45) is 32.2. The Hall–Kier alpha value is -17.5. The van der Waals surface area contributed by atoms with Gasteiger partial charge in [0.2, 0.25) is 0 Å². The number of aromatic amines is 4. The molecular weight excluding hydrogens is 1850 g/mol. The van der Waals surface area contributed by atoms with Gasteiger partial charge < -0.3 is 70.5 Å². The summed E-state index contributed by atoms with van der Waals surface area (Å²) in [4.78, 5) is 164. The van der Waals surface area contributed by atoms with Crippen LogP contribution in [-0.2, 0) is 11.3 Å². The molecule has 146 heavy (non-hydrogen) atoms. The first-order chi connectivity index (χ1) is 71.2. The molecule has 6 saturated heterocycles. The zero-order chi connectivity index (χ0) is 101. The molecule has 4 aromatic carbocycles. The Morgan fingerprint density at radius 1 is 0.295 bits per heavy atom. The van der Waals surface area contributed by atoms with Crippen molar-refractivity contribution < 1.29 is 47.9 Å². The quantitative estimate of drug-likeness (QED) is 0.0323. The molecule has 0 aliphatic carbocycles. The van der Waals surface area contributed by atoms with Crippen LogP contribution in [-0.4, -0.2) is 283 Å². The molecule has 10 amide bonds. The second-order valence-corrected chi connectivity index (χ2v) is 37.0. The number of nitrogens with zero attached hydrogens (tertiary/aromatic N) is 20. The van der Waals surface area contributed by atoms with Crippen LogP contribution in [0.25, 0.3) is 88.1 Å². The van der Waals surface area contributed by atoms with Crippen LogP contribution in [0.4, 0.5) is 44.6 Å². The number of fused-ring (bicyclic) bond motifs is 4. The number of urea groups is 1. The molecular formula is C107H109N29O10. The molecule has 0 unspecified atom stereocenters. The van der Waals surface area contributed by atoms with Crippen molar-refractivity contribution in [3.8, 4) is 44.5 Å². The number of aromatic nitrogens is 16. The minimum absolute atomic E-state index is 0.0694. The minimum Gasteiger partial charge on any atom is -0.378 e. The van der Waals surface area contributed by atoms with Crippen molar-refractivity contribution in [3.05, 3.63) is 271 Å². The van der Waals surface area contributed by atoms with Crippen molar-refractivity contribution in [2.75, 3.05) is 156 Å². The van der Waals surface area contributed by atoms with Crippen LogP contribution in [0, 0.1) is 0 Å². The fourth-order valence-electron chi connectivity index (χ4n) is 18.4. The third-order valence-corrected chi connectivity index (χ3v) is 26.2. The van der Waals surface area contributed by atoms with Crippen LogP contribution in [0.2, 0.25) is 0 Å². The van der Waals surface area contributed by atoms with E-state index in [1.807, 2.05) is 135 Å². The monoisotopic (exact) mass is 1960 g/mol. The lowest BCUT2D eigenvalue weighted by Crippen LogP contribution is -2.36. The number of rotatable bonds is 21. The highest BCUT2D eigenvalue weighted by molar-refractivity contribution is 6.15. The molecule has 16 aromatic rings. The number of H-pyrrole nitrogens is 4. The molecule has 6 aliphatic heterocycles. The Kier molecular flexibility index (Phi) is 29.8. The number of carbonyl (C=O) groups is 9. The van der Waals surface area contributed by atoms with Gasteiger partial charge in [-0.25, -0.2) is 24.7 Å². The second kappa shape index (κ2) is 44.8. The lowest BCUT2D eigenvalue weighted by molar-refractivity contribution is 0.0779. The van der Waals surface area contributed by atoms with E-state index in [-0.39, 0.29) is 64.5 Å². The molecule has 0 radical (unpaired) electrons. The molecule has 0 saturated carbocycles. The van der Waals surface area contributed by atoms with Gasteiger partial charge in [-0.1, -0.05) is 24.3 Å². The summed E-state index contributed by atoms with van der Waals surface area (Å²) in [5.74, 6) is -1.78. The van der Waals surface area contributed by atoms with E-state index >= 15 is 0 Å². The highest BCUT2D eigenvalue weighted by Gasteiger charge is 2.29. The highest BCUT2D eigenvalue weighted by Crippen LogP contribution is 2.35. The van der Waals surface area contributed by atoms with Gasteiger partial charge in [0.25, 0.3) is 47.3 Å². The average molecular weight is 1960 g/mol. The van der Waals surface area contributed by atoms with Gasteiger partial charge in [-0.05, 0) is 234 Å². The Morgan fingerprint density at radius 2 is 0.596 bits per heavy atom. The summed E-state index contributed by atoms with van der Waals surface area (Å²) < 4.78 is 5.46. The zero-order valence-electron chi connectivity index (χ0n) is 81.2. The standard InChI is InChI=1S/C28H29N7O2.C27H27N7O3.C26H26N8O3.C26H27N7O2/c36-27(31-21-7-9-25(30-17-21)28(37)35-12-4-5-13-35)26-23-15-19(6-8-24(23)32-33-26)20-14-22(18-29-16-20)34-10-2-1-3-11-34;35-26(30-20-4-6-24(29-16-20)27(36)34-7-1-2-8-34)25-22-14-18(3-5-23(22)31-32-25)19-13-21(17-28-15-19)33-9-11-37-12-10-33;1-33(2)26(37)30-19-11-17(13-27-14-19)16-5-7-21-20(12-16)23(32-31-21)24(35)29-18-6-8-22(28-15-18)25(36)34-9-3-4-10-34;1-32(2)16-17-11-19(14-27-13-17)18-5-7-22-21(12-18)24(31-30-22)25(34)29-20-6-8-23(28-15-20)26(35)33-9-3-4-10-33/h6-9,14-18H,1-5,10-13H2,(H,31,36)(H,32,33);3-6,13-17H,1-2,7-12H2,(H,30,35)(H,31,32);5-8,11-15H,3-4,9-10H2,1-2H3,(H,29,35)(H,30,37)(H,31,32);5-8,11-15H,3-4,9-10,16H2,1-2H3,(H,29,34)(H,30,31). The summed E-state index contributed by atoms with van der Waals surface area (Å²) in [7, 11) is 7.35. The number of nitrogens with one attached hydrogen (secondary N) is 9. The zero-order valence-corrected chi connectivity index (χ0v) is 81.2. The number of likely N-dealkylation sites (tertiary alicyclic amines) is 4. The molecule has 39 nitrogen and oxygen atoms in total. The largest absolute Gasteiger partial charge is 0.378 e. The topological polar surface area (TPSA) is 467 Å². The number of hydrogen-bond acceptors (Lipinski definition) is 25. The van der Waals surface area contributed by atoms with Crippen LogP contribution in [0.5, 0.6) is 0 Å². The smallest absolute Gasteiger partial charge is 0.321 e. The number of hydrogen-bond donors (Lipinski definition) is 9. The second-order valence-electron chi connectivity index (χ2n) is 37.0. The summed E-state index contributed by atoms with van der Waals surface area (Å²) >= 11 is 0. The van der Waals surface area contributed by atoms with Crippen molar-refractivity contribution in [2.45, 2.75) is 77.2 Å². The summed E-state index contributed by atoms with van der Waals surface area (Å²) in [6.45, 7) is 12.1. The van der Waals surface area contributed by atoms with E-state index in [0.717, 1.165) is 220 Å². The average Bonchev–Trinajstić information content (AvgIpc) is 1.64. The molecule has 6 fully saturated rings. The number of anilines is 7. The van der Waals surface area contributed by atoms with Crippen molar-refractivity contribution in [2.24, 2.45) is 0 Å². The number of piperidine rings is 1. The number of amides is 10. The Labute approximate surface area is 839 Å². The first-order valence-electron chi connectivity index (χ1n) is 48.9. The molecule has 6 aliphatic rings. The van der Waals surface area contributed by atoms with Gasteiger partial charge in [0, 0.05) is 174 Å². The van der Waals surface area contributed by atoms with Gasteiger partial charge in [-0.2, -0.15) is 20.4 Å². The van der Waals surface area contributed by atoms with E-state index in [1.165, 1.54) is 48.9 Å². The van der Waals surface area contributed by atoms with Crippen molar-refractivity contribution in [1.82, 2.24) is 110 Å². The predicted molar refractivity (Wildman–Crippen MR) is 556 cm³/mol. The van der Waals surface area contributed by atoms with Crippen molar-refractivity contribution >= 4 is 137 Å². The summed E-state index contributed by atoms with van der Waals surface area (Å²) in [6, 6.07) is 44.4. The highest BCUT2D eigenvalue weighted by atomic mass is 16.5. The van der Waals surface area contributed by atoms with Crippen LogP contribution in [0.1, 0.15) is 160 Å². The molecule has 39 heteroatoms. The van der Waals surface area contributed by atoms with Gasteiger partial charge in [-0.3, -0.25) is 78.7 Å². The maximum absolute atomic E-state index is 13.1. The number of ether oxygens (including phenoxy) is 1. The van der Waals surface area contributed by atoms with E-state index in [2.05, 4.69) is 140 Å². The van der Waals surface area contributed by atoms with Crippen molar-refractivity contribution in [3.63, 3.8) is 0 Å². The first-order valence-corrected chi connectivity index (χ1v) is 48.9. The molecule has 0 atom stereocenters. The Bertz CT molecular complexity index is 7260. The molecule has 742 valence electrons. The Balaban J connectivity index is 0.000000123. The normalized spacial score (nSPS) is 14.5. The van der Waals surface area contributed by atoms with Gasteiger partial charge >= 0.3 is 6.03 Å². The lowest BCUT2D eigenvalue weighted by Gasteiger charge is -2.28. The van der Waals surface area contributed by atoms with E-state index in [0.29, 0.717) is 91.8 Å². The SMILES string of the molecule is CN(C)C(=O)Nc1cncc(-c2ccc3[nH]nc(C(=O)Nc4ccc(C(=O)N5CCCC5)nc4)c3c2)c1.CN(C)Cc1cncc(-c2ccc3[nH]nc(C(=O)Nc4ccc(C(=O)N5CCCC5)nc4)c3c2)c1.O=C(Nc1ccc(C(=O)N2CCCC2)nc1)c1n[nH]c2ccc(-c3cncc(N4CCCCC4)c3)cc12.O=C(Nc1ccc(C(=O)N2CCCC2)nc1)c1n[nH]c2ccc(-c3cncc(N4CCOCC4)c3)cc12. The minimum atomic E-state index is -0.408. The third-order valence-electron chi connectivity index (χ3n) is 26.2. The molecule has 12 aromatic heterocycles. The number of carbonyl (C=O) groups excluding carboxylic acids is 9. The molecule has 22 rings (SSSR count). The van der Waals surface area contributed by atoms with Crippen LogP contribution >= 0.6 is 0 Å². The maximum atomic E-state index is 13.1. The van der Waals surface area contributed by atoms with Crippen LogP contribution in [0.15, 0.2) is 220 Å². The summed E-state index contributed by atoms with van der Waals surface area (Å²) in [5, 5.41) is 45.6. The van der Waals surface area contributed by atoms with Gasteiger partial charge in [-0.15, -0.1) is 0 Å². The van der Waals surface area contributed by atoms with E-state index in [4.69, 9.17) is 4.74 Å². The van der Waals surface area contributed by atoms with E-state index < -0.39 is 5.91 Å². The Morgan fingerprint density at radius 3 is 0.911 bits per heavy atom.